The summed E-state index contributed by atoms with van der Waals surface area (Å²) in [5, 5.41) is 13.4. The first-order valence-corrected chi connectivity index (χ1v) is 9.74. The fraction of sp³-hybridized carbons (Fsp3) is 0.200. The van der Waals surface area contributed by atoms with Gasteiger partial charge in [-0.2, -0.15) is 4.52 Å². The highest BCUT2D eigenvalue weighted by molar-refractivity contribution is 7.18. The SMILES string of the molecule is O=C(c1nn2c(C3CC3)nnc2s1)N(Cc1ccccc1)c1ccccc1. The number of hydrogen-bond acceptors (Lipinski definition) is 5. The van der Waals surface area contributed by atoms with E-state index in [0.717, 1.165) is 29.9 Å². The van der Waals surface area contributed by atoms with Crippen LogP contribution in [-0.2, 0) is 6.54 Å². The minimum Gasteiger partial charge on any atom is -0.302 e. The highest BCUT2D eigenvalue weighted by Crippen LogP contribution is 2.39. The fourth-order valence-corrected chi connectivity index (χ4v) is 3.88. The molecule has 6 nitrogen and oxygen atoms in total. The highest BCUT2D eigenvalue weighted by atomic mass is 32.1. The first-order valence-electron chi connectivity index (χ1n) is 8.92. The molecule has 0 unspecified atom stereocenters. The van der Waals surface area contributed by atoms with Crippen LogP contribution in [0.2, 0.25) is 0 Å². The van der Waals surface area contributed by atoms with Crippen molar-refractivity contribution in [1.82, 2.24) is 19.8 Å². The summed E-state index contributed by atoms with van der Waals surface area (Å²) in [4.78, 5) is 15.8. The van der Waals surface area contributed by atoms with E-state index in [4.69, 9.17) is 0 Å². The Morgan fingerprint density at radius 1 is 1.04 bits per heavy atom. The maximum absolute atomic E-state index is 13.3. The van der Waals surface area contributed by atoms with Crippen LogP contribution < -0.4 is 4.90 Å². The zero-order chi connectivity index (χ0) is 18.2. The van der Waals surface area contributed by atoms with E-state index in [2.05, 4.69) is 15.3 Å². The monoisotopic (exact) mass is 375 g/mol. The second-order valence-corrected chi connectivity index (χ2v) is 7.60. The molecular weight excluding hydrogens is 358 g/mol. The van der Waals surface area contributed by atoms with Gasteiger partial charge in [0.25, 0.3) is 5.91 Å². The van der Waals surface area contributed by atoms with E-state index in [1.807, 2.05) is 60.7 Å². The topological polar surface area (TPSA) is 63.4 Å². The summed E-state index contributed by atoms with van der Waals surface area (Å²) in [5.41, 5.74) is 1.91. The molecule has 4 aromatic rings. The highest BCUT2D eigenvalue weighted by Gasteiger charge is 2.31. The van der Waals surface area contributed by atoms with Crippen LogP contribution in [-0.4, -0.2) is 25.7 Å². The fourth-order valence-electron chi connectivity index (χ4n) is 3.08. The molecule has 2 aromatic carbocycles. The molecular formula is C20H17N5OS. The van der Waals surface area contributed by atoms with Gasteiger partial charge in [-0.1, -0.05) is 59.9 Å². The second kappa shape index (κ2) is 6.59. The number of benzene rings is 2. The summed E-state index contributed by atoms with van der Waals surface area (Å²) < 4.78 is 1.74. The summed E-state index contributed by atoms with van der Waals surface area (Å²) in [5.74, 6) is 1.18. The third-order valence-electron chi connectivity index (χ3n) is 4.64. The minimum absolute atomic E-state index is 0.123. The number of para-hydroxylation sites is 1. The van der Waals surface area contributed by atoms with Crippen molar-refractivity contribution in [1.29, 1.82) is 0 Å². The van der Waals surface area contributed by atoms with E-state index in [9.17, 15) is 4.79 Å². The van der Waals surface area contributed by atoms with Crippen LogP contribution in [0.25, 0.3) is 4.96 Å². The van der Waals surface area contributed by atoms with E-state index >= 15 is 0 Å². The van der Waals surface area contributed by atoms with Crippen LogP contribution in [0.1, 0.15) is 39.9 Å². The van der Waals surface area contributed by atoms with Crippen LogP contribution in [0.4, 0.5) is 5.69 Å². The molecule has 0 spiro atoms. The Hall–Kier alpha value is -3.06. The molecule has 0 bridgehead atoms. The molecule has 0 radical (unpaired) electrons. The van der Waals surface area contributed by atoms with Gasteiger partial charge < -0.3 is 4.90 Å². The lowest BCUT2D eigenvalue weighted by Crippen LogP contribution is -2.30. The Bertz CT molecular complexity index is 1090. The molecule has 134 valence electrons. The minimum atomic E-state index is -0.123. The number of fused-ring (bicyclic) bond motifs is 1. The average molecular weight is 375 g/mol. The number of carbonyl (C=O) groups excluding carboxylic acids is 1. The zero-order valence-corrected chi connectivity index (χ0v) is 15.3. The van der Waals surface area contributed by atoms with Crippen molar-refractivity contribution < 1.29 is 4.79 Å². The van der Waals surface area contributed by atoms with Crippen molar-refractivity contribution in [2.45, 2.75) is 25.3 Å². The van der Waals surface area contributed by atoms with Gasteiger partial charge in [-0.15, -0.1) is 15.3 Å². The first-order chi connectivity index (χ1) is 13.3. The Morgan fingerprint density at radius 3 is 2.44 bits per heavy atom. The Kier molecular flexibility index (Phi) is 3.94. The molecule has 2 heterocycles. The summed E-state index contributed by atoms with van der Waals surface area (Å²) in [6, 6.07) is 19.7. The van der Waals surface area contributed by atoms with Crippen LogP contribution in [0, 0.1) is 0 Å². The standard InChI is InChI=1S/C20H17N5OS/c26-19(18-23-25-17(15-11-12-15)21-22-20(25)27-18)24(16-9-5-2-6-10-16)13-14-7-3-1-4-8-14/h1-10,15H,11-13H2. The number of hydrogen-bond donors (Lipinski definition) is 0. The van der Waals surface area contributed by atoms with E-state index in [-0.39, 0.29) is 5.91 Å². The van der Waals surface area contributed by atoms with Crippen LogP contribution >= 0.6 is 11.3 Å². The molecule has 0 saturated heterocycles. The van der Waals surface area contributed by atoms with Gasteiger partial charge in [0.05, 0.1) is 6.54 Å². The number of anilines is 1. The molecule has 1 saturated carbocycles. The predicted molar refractivity (Wildman–Crippen MR) is 104 cm³/mol. The number of amides is 1. The van der Waals surface area contributed by atoms with Gasteiger partial charge in [0.2, 0.25) is 9.97 Å². The molecule has 1 aliphatic rings. The third-order valence-corrected chi connectivity index (χ3v) is 5.52. The van der Waals surface area contributed by atoms with E-state index in [1.165, 1.54) is 11.3 Å². The molecule has 0 atom stereocenters. The van der Waals surface area contributed by atoms with E-state index in [1.54, 1.807) is 9.42 Å². The molecule has 1 aliphatic carbocycles. The lowest BCUT2D eigenvalue weighted by molar-refractivity contribution is 0.0983. The van der Waals surface area contributed by atoms with Crippen molar-refractivity contribution in [3.8, 4) is 0 Å². The predicted octanol–water partition coefficient (Wildman–Crippen LogP) is 3.91. The average Bonchev–Trinajstić information content (AvgIpc) is 3.34. The largest absolute Gasteiger partial charge is 0.302 e. The Balaban J connectivity index is 1.51. The zero-order valence-electron chi connectivity index (χ0n) is 14.5. The van der Waals surface area contributed by atoms with E-state index in [0.29, 0.717) is 22.4 Å². The van der Waals surface area contributed by atoms with Crippen molar-refractivity contribution in [2.75, 3.05) is 4.90 Å². The number of rotatable bonds is 5. The van der Waals surface area contributed by atoms with Gasteiger partial charge in [-0.05, 0) is 30.5 Å². The third kappa shape index (κ3) is 3.10. The van der Waals surface area contributed by atoms with Crippen LogP contribution in [0.3, 0.4) is 0 Å². The van der Waals surface area contributed by atoms with Gasteiger partial charge in [0, 0.05) is 11.6 Å². The lowest BCUT2D eigenvalue weighted by atomic mass is 10.2. The van der Waals surface area contributed by atoms with E-state index < -0.39 is 0 Å². The molecule has 27 heavy (non-hydrogen) atoms. The van der Waals surface area contributed by atoms with Gasteiger partial charge in [0.15, 0.2) is 5.82 Å². The summed E-state index contributed by atoms with van der Waals surface area (Å²) >= 11 is 1.29. The quantitative estimate of drug-likeness (QED) is 0.530. The second-order valence-electron chi connectivity index (χ2n) is 6.65. The summed E-state index contributed by atoms with van der Waals surface area (Å²) in [7, 11) is 0. The molecule has 7 heteroatoms. The smallest absolute Gasteiger partial charge is 0.289 e. The summed E-state index contributed by atoms with van der Waals surface area (Å²) in [6.45, 7) is 0.485. The van der Waals surface area contributed by atoms with Crippen molar-refractivity contribution in [2.24, 2.45) is 0 Å². The molecule has 2 aromatic heterocycles. The lowest BCUT2D eigenvalue weighted by Gasteiger charge is -2.21. The molecule has 1 fully saturated rings. The van der Waals surface area contributed by atoms with Crippen LogP contribution in [0.5, 0.6) is 0 Å². The normalized spacial score (nSPS) is 13.8. The maximum atomic E-state index is 13.3. The van der Waals surface area contributed by atoms with Crippen molar-refractivity contribution in [3.63, 3.8) is 0 Å². The molecule has 5 rings (SSSR count). The van der Waals surface area contributed by atoms with Gasteiger partial charge in [-0.25, -0.2) is 0 Å². The maximum Gasteiger partial charge on any atom is 0.289 e. The van der Waals surface area contributed by atoms with Gasteiger partial charge >= 0.3 is 0 Å². The first kappa shape index (κ1) is 16.1. The molecule has 1 amide bonds. The number of aromatic nitrogens is 4. The van der Waals surface area contributed by atoms with Gasteiger partial charge in [-0.3, -0.25) is 4.79 Å². The summed E-state index contributed by atoms with van der Waals surface area (Å²) in [6.07, 6.45) is 2.23. The van der Waals surface area contributed by atoms with Gasteiger partial charge in [0.1, 0.15) is 0 Å². The van der Waals surface area contributed by atoms with Crippen molar-refractivity contribution in [3.05, 3.63) is 77.1 Å². The number of nitrogens with zero attached hydrogens (tertiary/aromatic N) is 5. The number of carbonyl (C=O) groups is 1. The Morgan fingerprint density at radius 2 is 1.74 bits per heavy atom. The molecule has 0 aliphatic heterocycles. The molecule has 0 N–H and O–H groups in total. The van der Waals surface area contributed by atoms with Crippen molar-refractivity contribution >= 4 is 27.9 Å². The Labute approximate surface area is 160 Å². The van der Waals surface area contributed by atoms with Crippen LogP contribution in [0.15, 0.2) is 60.7 Å².